The van der Waals surface area contributed by atoms with Crippen LogP contribution < -0.4 is 10.2 Å². The van der Waals surface area contributed by atoms with Crippen molar-refractivity contribution in [3.63, 3.8) is 0 Å². The first-order valence-electron chi connectivity index (χ1n) is 13.3. The summed E-state index contributed by atoms with van der Waals surface area (Å²) in [5, 5.41) is 3.49. The van der Waals surface area contributed by atoms with Crippen LogP contribution in [0, 0.1) is 12.8 Å². The van der Waals surface area contributed by atoms with Crippen molar-refractivity contribution in [2.45, 2.75) is 51.5 Å². The first kappa shape index (κ1) is 23.8. The number of nitrogens with one attached hydrogen (secondary N) is 1. The molecule has 0 bridgehead atoms. The molecule has 1 N–H and O–H groups in total. The summed E-state index contributed by atoms with van der Waals surface area (Å²) in [5.41, 5.74) is 2.61. The van der Waals surface area contributed by atoms with E-state index in [1.54, 1.807) is 0 Å². The summed E-state index contributed by atoms with van der Waals surface area (Å²) >= 11 is 0. The number of amides is 1. The van der Waals surface area contributed by atoms with E-state index >= 15 is 0 Å². The van der Waals surface area contributed by atoms with Gasteiger partial charge in [-0.15, -0.1) is 0 Å². The second kappa shape index (κ2) is 11.2. The molecule has 1 amide bonds. The highest BCUT2D eigenvalue weighted by Crippen LogP contribution is 2.24. The zero-order valence-electron chi connectivity index (χ0n) is 20.9. The van der Waals surface area contributed by atoms with Crippen LogP contribution in [0.15, 0.2) is 48.9 Å². The Bertz CT molecular complexity index is 1010. The van der Waals surface area contributed by atoms with Crippen molar-refractivity contribution >= 4 is 17.4 Å². The van der Waals surface area contributed by atoms with E-state index < -0.39 is 0 Å². The highest BCUT2D eigenvalue weighted by atomic mass is 16.2. The Balaban J connectivity index is 1.15. The molecule has 7 nitrogen and oxygen atoms in total. The van der Waals surface area contributed by atoms with Gasteiger partial charge in [-0.2, -0.15) is 0 Å². The first-order chi connectivity index (χ1) is 17.2. The summed E-state index contributed by atoms with van der Waals surface area (Å²) in [6, 6.07) is 11.1. The highest BCUT2D eigenvalue weighted by molar-refractivity contribution is 5.94. The zero-order valence-corrected chi connectivity index (χ0v) is 20.9. The Labute approximate surface area is 209 Å². The lowest BCUT2D eigenvalue weighted by atomic mass is 9.99. The number of rotatable bonds is 6. The highest BCUT2D eigenvalue weighted by Gasteiger charge is 2.29. The van der Waals surface area contributed by atoms with Crippen molar-refractivity contribution in [2.24, 2.45) is 5.92 Å². The van der Waals surface area contributed by atoms with Gasteiger partial charge in [-0.25, -0.2) is 9.97 Å². The van der Waals surface area contributed by atoms with E-state index in [1.807, 2.05) is 17.9 Å². The average molecular weight is 475 g/mol. The van der Waals surface area contributed by atoms with Crippen LogP contribution in [-0.4, -0.2) is 71.0 Å². The molecular formula is C28H38N6O. The van der Waals surface area contributed by atoms with Crippen molar-refractivity contribution in [3.8, 4) is 0 Å². The van der Waals surface area contributed by atoms with Crippen LogP contribution in [0.4, 0.5) is 11.5 Å². The lowest BCUT2D eigenvalue weighted by molar-refractivity contribution is 0.0584. The lowest BCUT2D eigenvalue weighted by Crippen LogP contribution is -2.48. The fraction of sp³-hybridized carbons (Fsp3) is 0.536. The molecule has 4 heterocycles. The Kier molecular flexibility index (Phi) is 7.62. The Morgan fingerprint density at radius 1 is 0.971 bits per heavy atom. The molecule has 0 aliphatic carbocycles. The van der Waals surface area contributed by atoms with E-state index in [2.05, 4.69) is 61.6 Å². The van der Waals surface area contributed by atoms with Crippen molar-refractivity contribution in [1.82, 2.24) is 19.8 Å². The topological polar surface area (TPSA) is 64.6 Å². The third-order valence-corrected chi connectivity index (χ3v) is 7.84. The van der Waals surface area contributed by atoms with Crippen LogP contribution in [0.3, 0.4) is 0 Å². The van der Waals surface area contributed by atoms with E-state index in [0.717, 1.165) is 56.8 Å². The number of para-hydroxylation sites is 1. The first-order valence-corrected chi connectivity index (χ1v) is 13.3. The number of carbonyl (C=O) groups excluding carboxylic acids is 1. The molecule has 7 heteroatoms. The Morgan fingerprint density at radius 3 is 2.46 bits per heavy atom. The van der Waals surface area contributed by atoms with Crippen molar-refractivity contribution in [3.05, 3.63) is 60.2 Å². The summed E-state index contributed by atoms with van der Waals surface area (Å²) in [6.45, 7) is 7.83. The number of nitrogens with zero attached hydrogens (tertiary/aromatic N) is 5. The largest absolute Gasteiger partial charge is 0.369 e. The molecule has 35 heavy (non-hydrogen) atoms. The van der Waals surface area contributed by atoms with Crippen molar-refractivity contribution in [2.75, 3.05) is 49.5 Å². The molecule has 2 saturated heterocycles. The predicted molar refractivity (Wildman–Crippen MR) is 141 cm³/mol. The van der Waals surface area contributed by atoms with Gasteiger partial charge in [0.15, 0.2) is 0 Å². The van der Waals surface area contributed by atoms with E-state index in [0.29, 0.717) is 17.7 Å². The van der Waals surface area contributed by atoms with Gasteiger partial charge in [0.2, 0.25) is 0 Å². The summed E-state index contributed by atoms with van der Waals surface area (Å²) in [4.78, 5) is 29.1. The average Bonchev–Trinajstić information content (AvgIpc) is 2.93. The molecule has 5 rings (SSSR count). The molecule has 186 valence electrons. The number of anilines is 2. The van der Waals surface area contributed by atoms with E-state index in [1.165, 1.54) is 44.4 Å². The number of hydrogen-bond acceptors (Lipinski definition) is 6. The van der Waals surface area contributed by atoms with Crippen LogP contribution in [0.25, 0.3) is 0 Å². The Hall–Kier alpha value is -2.93. The number of piperidine rings is 2. The molecule has 0 spiro atoms. The predicted octanol–water partition coefficient (Wildman–Crippen LogP) is 4.33. The summed E-state index contributed by atoms with van der Waals surface area (Å²) in [5.74, 6) is 1.24. The van der Waals surface area contributed by atoms with Gasteiger partial charge >= 0.3 is 0 Å². The number of benzene rings is 1. The molecule has 2 fully saturated rings. The number of carbonyl (C=O) groups is 1. The van der Waals surface area contributed by atoms with Gasteiger partial charge in [0.05, 0.1) is 0 Å². The standard InChI is InChI=1S/C28H38N6O/c1-22-26(28(35)34-18-12-25(13-19-34)32-14-6-3-7-15-32)30-21-31-27(22)29-20-23-10-16-33(17-11-23)24-8-4-2-5-9-24/h2,4-5,8-10,16,21,23,25H,3,6-7,11-15,17-20H2,1H3,(H,29,30,31). The number of hydrogen-bond donors (Lipinski definition) is 1. The summed E-state index contributed by atoms with van der Waals surface area (Å²) in [6.07, 6.45) is 13.2. The quantitative estimate of drug-likeness (QED) is 0.672. The fourth-order valence-corrected chi connectivity index (χ4v) is 5.65. The van der Waals surface area contributed by atoms with E-state index in [4.69, 9.17) is 0 Å². The smallest absolute Gasteiger partial charge is 0.272 e. The van der Waals surface area contributed by atoms with Crippen LogP contribution >= 0.6 is 0 Å². The maximum absolute atomic E-state index is 13.3. The summed E-state index contributed by atoms with van der Waals surface area (Å²) < 4.78 is 0. The number of likely N-dealkylation sites (tertiary alicyclic amines) is 2. The van der Waals surface area contributed by atoms with Crippen LogP contribution in [-0.2, 0) is 0 Å². The second-order valence-electron chi connectivity index (χ2n) is 10.1. The minimum absolute atomic E-state index is 0.0427. The molecule has 0 saturated carbocycles. The molecule has 1 atom stereocenters. The van der Waals surface area contributed by atoms with E-state index in [-0.39, 0.29) is 5.91 Å². The third-order valence-electron chi connectivity index (χ3n) is 7.84. The molecular weight excluding hydrogens is 436 g/mol. The monoisotopic (exact) mass is 474 g/mol. The normalized spacial score (nSPS) is 21.8. The van der Waals surface area contributed by atoms with Crippen LogP contribution in [0.5, 0.6) is 0 Å². The van der Waals surface area contributed by atoms with Gasteiger partial charge in [-0.1, -0.05) is 30.7 Å². The SMILES string of the molecule is Cc1c(NCC2C=CN(c3ccccc3)CC2)ncnc1C(=O)N1CCC(N2CCCCC2)CC1. The molecule has 1 unspecified atom stereocenters. The Morgan fingerprint density at radius 2 is 1.74 bits per heavy atom. The van der Waals surface area contributed by atoms with E-state index in [9.17, 15) is 4.79 Å². The molecule has 3 aliphatic rings. The lowest BCUT2D eigenvalue weighted by Gasteiger charge is -2.40. The minimum atomic E-state index is 0.0427. The third kappa shape index (κ3) is 5.67. The number of aromatic nitrogens is 2. The van der Waals surface area contributed by atoms with Crippen LogP contribution in [0.2, 0.25) is 0 Å². The molecule has 2 aromatic rings. The maximum Gasteiger partial charge on any atom is 0.272 e. The summed E-state index contributed by atoms with van der Waals surface area (Å²) in [7, 11) is 0. The van der Waals surface area contributed by atoms with Crippen LogP contribution in [0.1, 0.15) is 54.6 Å². The minimum Gasteiger partial charge on any atom is -0.369 e. The maximum atomic E-state index is 13.3. The van der Waals surface area contributed by atoms with Gasteiger partial charge < -0.3 is 20.0 Å². The zero-order chi connectivity index (χ0) is 24.0. The molecule has 1 aromatic heterocycles. The van der Waals surface area contributed by atoms with Crippen molar-refractivity contribution < 1.29 is 4.79 Å². The second-order valence-corrected chi connectivity index (χ2v) is 10.1. The van der Waals surface area contributed by atoms with Gasteiger partial charge in [-0.3, -0.25) is 4.79 Å². The molecule has 3 aliphatic heterocycles. The fourth-order valence-electron chi connectivity index (χ4n) is 5.65. The molecule has 1 aromatic carbocycles. The van der Waals surface area contributed by atoms with Gasteiger partial charge in [0.25, 0.3) is 5.91 Å². The van der Waals surface area contributed by atoms with Crippen molar-refractivity contribution in [1.29, 1.82) is 0 Å². The van der Waals surface area contributed by atoms with Gasteiger partial charge in [0.1, 0.15) is 17.8 Å². The van der Waals surface area contributed by atoms with Gasteiger partial charge in [-0.05, 0) is 70.2 Å². The molecule has 0 radical (unpaired) electrons. The van der Waals surface area contributed by atoms with Gasteiger partial charge in [0, 0.05) is 49.7 Å².